The van der Waals surface area contributed by atoms with Crippen molar-refractivity contribution in [3.63, 3.8) is 0 Å². The standard InChI is InChI=1S/10H3N.2Nb/h10*1H3;;. The molecular weight excluding hydrogens is 326 g/mol. The molecule has 0 aliphatic heterocycles. The second-order valence-corrected chi connectivity index (χ2v) is 0. The van der Waals surface area contributed by atoms with Crippen molar-refractivity contribution in [3.8, 4) is 0 Å². The maximum absolute atomic E-state index is 0. The Hall–Kier alpha value is 1.08. The summed E-state index contributed by atoms with van der Waals surface area (Å²) < 4.78 is 0. The van der Waals surface area contributed by atoms with E-state index in [1.54, 1.807) is 0 Å². The first-order valence-corrected chi connectivity index (χ1v) is 0. The molecule has 0 aliphatic carbocycles. The fourth-order valence-corrected chi connectivity index (χ4v) is 0. The molecule has 0 heterocycles. The van der Waals surface area contributed by atoms with Crippen molar-refractivity contribution < 1.29 is 44.8 Å². The molecule has 0 bridgehead atoms. The van der Waals surface area contributed by atoms with Crippen LogP contribution in [0.1, 0.15) is 0 Å². The molecule has 0 fully saturated rings. The average molecular weight is 356 g/mol. The van der Waals surface area contributed by atoms with Crippen LogP contribution in [0.25, 0.3) is 0 Å². The Balaban J connectivity index is 0. The van der Waals surface area contributed by atoms with Crippen LogP contribution in [0.4, 0.5) is 0 Å². The van der Waals surface area contributed by atoms with Gasteiger partial charge in [0.2, 0.25) is 0 Å². The maximum Gasteiger partial charge on any atom is 0 e. The number of hydrogen-bond donors (Lipinski definition) is 10. The predicted molar refractivity (Wildman–Crippen MR) is 50.2 cm³/mol. The third kappa shape index (κ3) is 964. The maximum atomic E-state index is 0. The van der Waals surface area contributed by atoms with E-state index in [1.807, 2.05) is 0 Å². The molecule has 0 saturated carbocycles. The van der Waals surface area contributed by atoms with E-state index in [1.165, 1.54) is 0 Å². The van der Waals surface area contributed by atoms with Crippen molar-refractivity contribution in [3.05, 3.63) is 0 Å². The Labute approximate surface area is 106 Å². The zero-order valence-corrected chi connectivity index (χ0v) is 12.4. The van der Waals surface area contributed by atoms with Crippen LogP contribution in [0.3, 0.4) is 0 Å². The first-order chi connectivity index (χ1) is 0. The fourth-order valence-electron chi connectivity index (χ4n) is 0. The Kier molecular flexibility index (Phi) is 173000. The summed E-state index contributed by atoms with van der Waals surface area (Å²) in [7, 11) is 0. The van der Waals surface area contributed by atoms with Crippen molar-refractivity contribution in [1.82, 2.24) is 61.5 Å². The largest absolute Gasteiger partial charge is 0.344 e. The molecule has 0 aromatic carbocycles. The zero-order valence-electron chi connectivity index (χ0n) is 7.97. The van der Waals surface area contributed by atoms with Gasteiger partial charge >= 0.3 is 0 Å². The summed E-state index contributed by atoms with van der Waals surface area (Å²) in [5.41, 5.74) is 0. The normalized spacial score (nSPS) is 0. The molecule has 0 aliphatic rings. The predicted octanol–water partition coefficient (Wildman–Crippen LogP) is 1.61. The molecule has 2 radical (unpaired) electrons. The van der Waals surface area contributed by atoms with Crippen LogP contribution in [0.2, 0.25) is 0 Å². The molecule has 0 saturated heterocycles. The van der Waals surface area contributed by atoms with Gasteiger partial charge in [-0.15, -0.1) is 0 Å². The van der Waals surface area contributed by atoms with Gasteiger partial charge in [0.1, 0.15) is 0 Å². The molecule has 0 aromatic heterocycles. The Morgan fingerprint density at radius 1 is 0.167 bits per heavy atom. The Morgan fingerprint density at radius 2 is 0.167 bits per heavy atom. The summed E-state index contributed by atoms with van der Waals surface area (Å²) in [5.74, 6) is 0. The zero-order chi connectivity index (χ0) is 0. The third-order valence-electron chi connectivity index (χ3n) is 0. The number of rotatable bonds is 0. The average Bonchev–Trinajstić information content (AvgIpc) is 0. The van der Waals surface area contributed by atoms with Gasteiger partial charge in [-0.25, -0.2) is 0 Å². The summed E-state index contributed by atoms with van der Waals surface area (Å²) in [6.07, 6.45) is 0. The number of hydrogen-bond acceptors (Lipinski definition) is 10. The van der Waals surface area contributed by atoms with Gasteiger partial charge in [0.15, 0.2) is 0 Å². The van der Waals surface area contributed by atoms with Crippen molar-refractivity contribution in [2.45, 2.75) is 0 Å². The van der Waals surface area contributed by atoms with Gasteiger partial charge in [0, 0.05) is 44.8 Å². The van der Waals surface area contributed by atoms with Crippen molar-refractivity contribution in [1.29, 1.82) is 0 Å². The summed E-state index contributed by atoms with van der Waals surface area (Å²) in [6, 6.07) is 0. The van der Waals surface area contributed by atoms with Gasteiger partial charge in [-0.1, -0.05) is 0 Å². The van der Waals surface area contributed by atoms with E-state index >= 15 is 0 Å². The van der Waals surface area contributed by atoms with Crippen LogP contribution in [-0.4, -0.2) is 0 Å². The van der Waals surface area contributed by atoms with Crippen LogP contribution in [-0.2, 0) is 44.8 Å². The first kappa shape index (κ1) is 1640. The quantitative estimate of drug-likeness (QED) is 0.279. The molecule has 0 atom stereocenters. The van der Waals surface area contributed by atoms with Crippen LogP contribution >= 0.6 is 0 Å². The summed E-state index contributed by atoms with van der Waals surface area (Å²) >= 11 is 0. The van der Waals surface area contributed by atoms with Gasteiger partial charge in [-0.2, -0.15) is 0 Å². The van der Waals surface area contributed by atoms with Crippen LogP contribution in [0.15, 0.2) is 0 Å². The van der Waals surface area contributed by atoms with E-state index in [9.17, 15) is 0 Å². The molecule has 0 spiro atoms. The molecule has 0 rings (SSSR count). The van der Waals surface area contributed by atoms with Crippen molar-refractivity contribution in [2.75, 3.05) is 0 Å². The van der Waals surface area contributed by atoms with E-state index < -0.39 is 0 Å². The Bertz CT molecular complexity index is 7.80. The van der Waals surface area contributed by atoms with Gasteiger partial charge in [0.05, 0.1) is 0 Å². The SMILES string of the molecule is N.N.N.N.N.N.N.N.N.N.[Nb].[Nb]. The summed E-state index contributed by atoms with van der Waals surface area (Å²) in [6.45, 7) is 0. The van der Waals surface area contributed by atoms with Gasteiger partial charge in [-0.05, 0) is 0 Å². The minimum absolute atomic E-state index is 0. The van der Waals surface area contributed by atoms with E-state index in [4.69, 9.17) is 0 Å². The van der Waals surface area contributed by atoms with Crippen LogP contribution in [0, 0.1) is 0 Å². The van der Waals surface area contributed by atoms with E-state index in [0.717, 1.165) is 0 Å². The van der Waals surface area contributed by atoms with Crippen LogP contribution in [0.5, 0.6) is 0 Å². The minimum atomic E-state index is 0. The molecule has 12 heteroatoms. The second kappa shape index (κ2) is 1270. The molecule has 10 nitrogen and oxygen atoms in total. The summed E-state index contributed by atoms with van der Waals surface area (Å²) in [5, 5.41) is 0. The smallest absolute Gasteiger partial charge is 0 e. The molecule has 90 valence electrons. The van der Waals surface area contributed by atoms with Gasteiger partial charge in [0.25, 0.3) is 0 Å². The van der Waals surface area contributed by atoms with E-state index in [0.29, 0.717) is 0 Å². The fraction of sp³-hybridized carbons (Fsp3) is 0. The third-order valence-corrected chi connectivity index (χ3v) is 0. The van der Waals surface area contributed by atoms with E-state index in [2.05, 4.69) is 0 Å². The van der Waals surface area contributed by atoms with E-state index in [-0.39, 0.29) is 106 Å². The monoisotopic (exact) mass is 356 g/mol. The van der Waals surface area contributed by atoms with Gasteiger partial charge in [-0.3, -0.25) is 0 Å². The van der Waals surface area contributed by atoms with Crippen LogP contribution < -0.4 is 61.5 Å². The molecule has 12 heavy (non-hydrogen) atoms. The van der Waals surface area contributed by atoms with Crippen molar-refractivity contribution >= 4 is 0 Å². The molecule has 0 unspecified atom stereocenters. The second-order valence-electron chi connectivity index (χ2n) is 0. The molecule has 0 amide bonds. The molecular formula is H30N10Nb2. The molecule has 0 aromatic rings. The summed E-state index contributed by atoms with van der Waals surface area (Å²) in [4.78, 5) is 0. The van der Waals surface area contributed by atoms with Crippen molar-refractivity contribution in [2.24, 2.45) is 0 Å². The Morgan fingerprint density at radius 3 is 0.167 bits per heavy atom. The first-order valence-electron chi connectivity index (χ1n) is 0. The minimum Gasteiger partial charge on any atom is -0.344 e. The topological polar surface area (TPSA) is 350 Å². The van der Waals surface area contributed by atoms with Gasteiger partial charge < -0.3 is 61.5 Å². The molecule has 30 N–H and O–H groups in total.